The summed E-state index contributed by atoms with van der Waals surface area (Å²) in [4.78, 5) is 61.9. The second-order valence-electron chi connectivity index (χ2n) is 11.1. The molecule has 5 aliphatic rings. The lowest BCUT2D eigenvalue weighted by Gasteiger charge is -2.19. The molecule has 12 heteroatoms. The maximum atomic E-state index is 14.8. The molecule has 2 aromatic carbocycles. The van der Waals surface area contributed by atoms with Crippen molar-refractivity contribution in [3.63, 3.8) is 0 Å². The highest BCUT2D eigenvalue weighted by molar-refractivity contribution is 6.17. The van der Waals surface area contributed by atoms with Gasteiger partial charge < -0.3 is 8.83 Å². The van der Waals surface area contributed by atoms with E-state index in [4.69, 9.17) is 8.83 Å². The summed E-state index contributed by atoms with van der Waals surface area (Å²) >= 11 is 0. The van der Waals surface area contributed by atoms with Gasteiger partial charge in [0.05, 0.1) is 35.2 Å². The molecule has 0 saturated carbocycles. The van der Waals surface area contributed by atoms with Crippen molar-refractivity contribution in [1.82, 2.24) is 18.7 Å². The monoisotopic (exact) mass is 666 g/mol. The number of benzene rings is 2. The molecule has 12 nitrogen and oxygen atoms in total. The molecule has 2 aromatic rings. The Hall–Kier alpha value is -6.82. The lowest BCUT2D eigenvalue weighted by molar-refractivity contribution is -0.111. The van der Waals surface area contributed by atoms with Gasteiger partial charge in [-0.25, -0.2) is 18.7 Å². The Morgan fingerprint density at radius 1 is 0.540 bits per heavy atom. The third-order valence-corrected chi connectivity index (χ3v) is 8.02. The molecule has 0 fully saturated rings. The van der Waals surface area contributed by atoms with Crippen LogP contribution in [0.15, 0.2) is 138 Å². The molecule has 248 valence electrons. The average Bonchev–Trinajstić information content (AvgIpc) is 3.15. The van der Waals surface area contributed by atoms with Crippen molar-refractivity contribution < 1.29 is 18.4 Å². The van der Waals surface area contributed by atoms with Crippen LogP contribution in [0.1, 0.15) is 13.8 Å². The van der Waals surface area contributed by atoms with Crippen molar-refractivity contribution in [2.24, 2.45) is 9.98 Å². The fourth-order valence-electron chi connectivity index (χ4n) is 5.74. The molecule has 0 amide bonds. The van der Waals surface area contributed by atoms with Gasteiger partial charge in [-0.3, -0.25) is 29.2 Å². The van der Waals surface area contributed by atoms with E-state index in [1.165, 1.54) is 36.7 Å². The van der Waals surface area contributed by atoms with Gasteiger partial charge in [0.1, 0.15) is 0 Å². The Labute approximate surface area is 282 Å². The smallest absolute Gasteiger partial charge is 0.252 e. The molecular formula is C38H30N6O6. The number of rotatable bonds is 6. The molecule has 0 aromatic heterocycles. The van der Waals surface area contributed by atoms with E-state index in [0.717, 1.165) is 0 Å². The summed E-state index contributed by atoms with van der Waals surface area (Å²) in [6.07, 6.45) is 14.9. The highest BCUT2D eigenvalue weighted by Gasteiger charge is 2.20. The van der Waals surface area contributed by atoms with Crippen LogP contribution >= 0.6 is 0 Å². The van der Waals surface area contributed by atoms with Crippen LogP contribution in [0.2, 0.25) is 0 Å². The molecule has 0 N–H and O–H groups in total. The lowest BCUT2D eigenvalue weighted by Crippen LogP contribution is -2.38. The highest BCUT2D eigenvalue weighted by atomic mass is 16.4. The maximum Gasteiger partial charge on any atom is 0.252 e. The van der Waals surface area contributed by atoms with Gasteiger partial charge in [0, 0.05) is 13.1 Å². The normalized spacial score (nSPS) is 14.8. The van der Waals surface area contributed by atoms with Gasteiger partial charge in [0.2, 0.25) is 21.9 Å². The molecule has 0 saturated heterocycles. The van der Waals surface area contributed by atoms with E-state index in [1.807, 2.05) is 74.5 Å². The highest BCUT2D eigenvalue weighted by Crippen LogP contribution is 2.10. The number of hydrogen-bond acceptors (Lipinski definition) is 8. The summed E-state index contributed by atoms with van der Waals surface area (Å²) in [5, 5.41) is -0.0649. The number of aliphatic imine (C=N–C) groups is 2. The lowest BCUT2D eigenvalue weighted by atomic mass is 10.2. The second-order valence-corrected chi connectivity index (χ2v) is 11.1. The second kappa shape index (κ2) is 13.4. The first-order valence-electron chi connectivity index (χ1n) is 15.9. The van der Waals surface area contributed by atoms with Crippen LogP contribution in [0.3, 0.4) is 0 Å². The van der Waals surface area contributed by atoms with Crippen molar-refractivity contribution in [2.45, 2.75) is 26.9 Å². The van der Waals surface area contributed by atoms with Gasteiger partial charge in [0.15, 0.2) is 22.3 Å². The van der Waals surface area contributed by atoms with Crippen LogP contribution < -0.4 is 21.9 Å². The zero-order valence-electron chi connectivity index (χ0n) is 27.1. The fourth-order valence-corrected chi connectivity index (χ4v) is 5.74. The first-order valence-corrected chi connectivity index (χ1v) is 15.9. The molecule has 7 rings (SSSR count). The summed E-state index contributed by atoms with van der Waals surface area (Å²) in [7, 11) is 0. The van der Waals surface area contributed by atoms with Crippen molar-refractivity contribution in [3.8, 4) is 11.4 Å². The fraction of sp³-hybridized carbons (Fsp3) is 0.105. The number of allylic oxidation sites excluding steroid dienone is 8. The van der Waals surface area contributed by atoms with E-state index in [1.54, 1.807) is 43.0 Å². The van der Waals surface area contributed by atoms with Crippen molar-refractivity contribution >= 4 is 35.4 Å². The average molecular weight is 667 g/mol. The van der Waals surface area contributed by atoms with E-state index in [0.29, 0.717) is 35.9 Å². The molecule has 50 heavy (non-hydrogen) atoms. The van der Waals surface area contributed by atoms with E-state index in [-0.39, 0.29) is 44.2 Å². The van der Waals surface area contributed by atoms with Crippen LogP contribution in [0.5, 0.6) is 0 Å². The molecule has 0 bridgehead atoms. The van der Waals surface area contributed by atoms with Crippen LogP contribution in [0.25, 0.3) is 23.8 Å². The number of carbonyl (C=O) groups is 2. The van der Waals surface area contributed by atoms with Gasteiger partial charge in [-0.1, -0.05) is 36.4 Å². The van der Waals surface area contributed by atoms with E-state index in [2.05, 4.69) is 9.98 Å². The van der Waals surface area contributed by atoms with Gasteiger partial charge in [-0.15, -0.1) is 0 Å². The van der Waals surface area contributed by atoms with Gasteiger partial charge in [0.25, 0.3) is 10.9 Å². The molecular weight excluding hydrogens is 636 g/mol. The van der Waals surface area contributed by atoms with E-state index in [9.17, 15) is 19.2 Å². The van der Waals surface area contributed by atoms with Crippen LogP contribution in [-0.2, 0) is 22.7 Å². The third-order valence-electron chi connectivity index (χ3n) is 8.02. The predicted molar refractivity (Wildman–Crippen MR) is 187 cm³/mol. The molecule has 0 atom stereocenters. The Kier molecular flexibility index (Phi) is 8.48. The summed E-state index contributed by atoms with van der Waals surface area (Å²) < 4.78 is 19.3. The molecule has 0 radical (unpaired) electrons. The Balaban J connectivity index is 1.68. The number of hydrogen-bond donors (Lipinski definition) is 0. The minimum atomic E-state index is -0.586. The summed E-state index contributed by atoms with van der Waals surface area (Å²) in [5.74, 6) is -0.297. The Morgan fingerprint density at radius 2 is 0.900 bits per heavy atom. The van der Waals surface area contributed by atoms with Crippen molar-refractivity contribution in [1.29, 1.82) is 0 Å². The molecule has 2 aliphatic heterocycles. The van der Waals surface area contributed by atoms with Crippen LogP contribution in [-0.4, -0.2) is 41.7 Å². The number of aromatic nitrogens is 4. The number of ketones is 2. The zero-order valence-corrected chi connectivity index (χ0v) is 27.1. The van der Waals surface area contributed by atoms with Crippen molar-refractivity contribution in [3.05, 3.63) is 162 Å². The SMILES string of the molecule is CCn1c(=CN=C2C=CC(=O)C=C2)oc2c(=O)c3n(-c4ccccc4)n(CC)c(=CN=C4C=CC(=O)C=C4)oc=3c(=O)c=2n1-c1ccccc1. The van der Waals surface area contributed by atoms with Gasteiger partial charge >= 0.3 is 0 Å². The summed E-state index contributed by atoms with van der Waals surface area (Å²) in [5.41, 5.74) is 0.989. The molecule has 0 spiro atoms. The van der Waals surface area contributed by atoms with E-state index >= 15 is 0 Å². The molecule has 2 heterocycles. The van der Waals surface area contributed by atoms with E-state index < -0.39 is 10.9 Å². The number of nitrogens with zero attached hydrogens (tertiary/aromatic N) is 6. The summed E-state index contributed by atoms with van der Waals surface area (Å²) in [6, 6.07) is 18.3. The van der Waals surface area contributed by atoms with Crippen LogP contribution in [0.4, 0.5) is 0 Å². The first kappa shape index (κ1) is 31.8. The maximum absolute atomic E-state index is 14.8. The number of carbonyl (C=O) groups excluding carboxylic acids is 2. The minimum Gasteiger partial charge on any atom is -0.431 e. The topological polar surface area (TPSA) is 139 Å². The first-order chi connectivity index (χ1) is 24.4. The third kappa shape index (κ3) is 5.79. The van der Waals surface area contributed by atoms with Gasteiger partial charge in [-0.05, 0) is 86.7 Å². The quantitative estimate of drug-likeness (QED) is 0.255. The van der Waals surface area contributed by atoms with Gasteiger partial charge in [-0.2, -0.15) is 0 Å². The summed E-state index contributed by atoms with van der Waals surface area (Å²) in [6.45, 7) is 4.40. The standard InChI is InChI=1S/C38H30N6O6/c1-3-41-31(23-39-25-15-19-29(45)20-16-25)49-37-33(43(41)27-11-7-5-8-12-27)35(47)38-34(36(37)48)44(28-13-9-6-10-14-28)42(4-2)32(50-38)24-40-26-17-21-30(46)22-18-26/h5-24H,3-4H2,1-2H3. The zero-order chi connectivity index (χ0) is 34.8. The predicted octanol–water partition coefficient (Wildman–Crippen LogP) is 3.14. The Morgan fingerprint density at radius 3 is 1.24 bits per heavy atom. The Bertz CT molecular complexity index is 2570. The van der Waals surface area contributed by atoms with Crippen molar-refractivity contribution in [2.75, 3.05) is 0 Å². The molecule has 0 unspecified atom stereocenters. The molecule has 3 aliphatic carbocycles. The minimum absolute atomic E-state index is 0.0325. The van der Waals surface area contributed by atoms with Crippen LogP contribution in [0, 0.1) is 21.5 Å². The number of para-hydroxylation sites is 2. The largest absolute Gasteiger partial charge is 0.431 e.